The fourth-order valence-electron chi connectivity index (χ4n) is 4.76. The van der Waals surface area contributed by atoms with E-state index in [-0.39, 0.29) is 0 Å². The van der Waals surface area contributed by atoms with E-state index < -0.39 is 0 Å². The molecule has 34 heavy (non-hydrogen) atoms. The Morgan fingerprint density at radius 2 is 0.765 bits per heavy atom. The Balaban J connectivity index is 1.54. The molecule has 0 heterocycles. The van der Waals surface area contributed by atoms with Crippen molar-refractivity contribution in [2.75, 3.05) is 4.90 Å². The standard InChI is InChI=1S/C32H22BrN/c33-32-29-17-9-7-15-27(29)31(28-16-8-10-18-30(28)32)23-19-21-26(22-20-23)34(24-11-3-1-4-12-24)25-13-5-2-6-14-25/h1-22H. The van der Waals surface area contributed by atoms with Gasteiger partial charge >= 0.3 is 0 Å². The van der Waals surface area contributed by atoms with E-state index >= 15 is 0 Å². The molecule has 0 aliphatic carbocycles. The molecule has 0 amide bonds. The first-order valence-electron chi connectivity index (χ1n) is 11.4. The lowest BCUT2D eigenvalue weighted by atomic mass is 9.92. The van der Waals surface area contributed by atoms with Gasteiger partial charge in [-0.1, -0.05) is 97.1 Å². The van der Waals surface area contributed by atoms with Crippen molar-refractivity contribution in [2.24, 2.45) is 0 Å². The van der Waals surface area contributed by atoms with Gasteiger partial charge in [0.15, 0.2) is 0 Å². The van der Waals surface area contributed by atoms with E-state index in [0.29, 0.717) is 0 Å². The lowest BCUT2D eigenvalue weighted by molar-refractivity contribution is 1.28. The van der Waals surface area contributed by atoms with Crippen molar-refractivity contribution < 1.29 is 0 Å². The summed E-state index contributed by atoms with van der Waals surface area (Å²) in [5, 5.41) is 4.97. The van der Waals surface area contributed by atoms with Crippen molar-refractivity contribution in [3.05, 3.63) is 138 Å². The van der Waals surface area contributed by atoms with Gasteiger partial charge < -0.3 is 4.90 Å². The largest absolute Gasteiger partial charge is 0.311 e. The molecule has 0 saturated heterocycles. The number of fused-ring (bicyclic) bond motifs is 2. The van der Waals surface area contributed by atoms with Gasteiger partial charge in [0.05, 0.1) is 0 Å². The molecule has 0 fully saturated rings. The molecule has 0 N–H and O–H groups in total. The van der Waals surface area contributed by atoms with Crippen LogP contribution < -0.4 is 4.90 Å². The van der Waals surface area contributed by atoms with Gasteiger partial charge in [-0.2, -0.15) is 0 Å². The Hall–Kier alpha value is -3.88. The van der Waals surface area contributed by atoms with Crippen LogP contribution in [0.5, 0.6) is 0 Å². The van der Waals surface area contributed by atoms with Crippen molar-refractivity contribution in [1.82, 2.24) is 0 Å². The van der Waals surface area contributed by atoms with Gasteiger partial charge in [0.2, 0.25) is 0 Å². The average Bonchev–Trinajstić information content (AvgIpc) is 2.91. The highest BCUT2D eigenvalue weighted by Crippen LogP contribution is 2.42. The molecule has 0 radical (unpaired) electrons. The molecule has 162 valence electrons. The Morgan fingerprint density at radius 1 is 0.382 bits per heavy atom. The Labute approximate surface area is 208 Å². The van der Waals surface area contributed by atoms with E-state index in [1.165, 1.54) is 32.7 Å². The molecule has 0 unspecified atom stereocenters. The molecule has 0 bridgehead atoms. The maximum atomic E-state index is 3.86. The van der Waals surface area contributed by atoms with E-state index in [2.05, 4.69) is 154 Å². The zero-order valence-electron chi connectivity index (χ0n) is 18.5. The Kier molecular flexibility index (Phi) is 5.37. The normalized spacial score (nSPS) is 11.1. The summed E-state index contributed by atoms with van der Waals surface area (Å²) < 4.78 is 1.15. The second-order valence-electron chi connectivity index (χ2n) is 8.33. The summed E-state index contributed by atoms with van der Waals surface area (Å²) in [5.41, 5.74) is 5.89. The van der Waals surface area contributed by atoms with Crippen molar-refractivity contribution in [2.45, 2.75) is 0 Å². The number of benzene rings is 6. The first-order valence-corrected chi connectivity index (χ1v) is 12.2. The highest BCUT2D eigenvalue weighted by molar-refractivity contribution is 9.10. The van der Waals surface area contributed by atoms with Gasteiger partial charge in [0.1, 0.15) is 0 Å². The molecular formula is C32H22BrN. The van der Waals surface area contributed by atoms with Crippen LogP contribution in [0.1, 0.15) is 0 Å². The van der Waals surface area contributed by atoms with Crippen molar-refractivity contribution in [1.29, 1.82) is 0 Å². The first kappa shape index (κ1) is 20.7. The minimum Gasteiger partial charge on any atom is -0.311 e. The van der Waals surface area contributed by atoms with E-state index in [1.807, 2.05) is 0 Å². The fraction of sp³-hybridized carbons (Fsp3) is 0. The highest BCUT2D eigenvalue weighted by Gasteiger charge is 2.15. The predicted octanol–water partition coefficient (Wildman–Crippen LogP) is 9.89. The first-order chi connectivity index (χ1) is 16.8. The van der Waals surface area contributed by atoms with Gasteiger partial charge in [-0.3, -0.25) is 0 Å². The molecule has 2 heteroatoms. The third-order valence-corrected chi connectivity index (χ3v) is 7.16. The zero-order chi connectivity index (χ0) is 22.9. The Bertz CT molecular complexity index is 1490. The summed E-state index contributed by atoms with van der Waals surface area (Å²) in [4.78, 5) is 2.29. The molecular weight excluding hydrogens is 478 g/mol. The van der Waals surface area contributed by atoms with Crippen LogP contribution in [-0.4, -0.2) is 0 Å². The van der Waals surface area contributed by atoms with Crippen LogP contribution in [0.2, 0.25) is 0 Å². The minimum atomic E-state index is 1.13. The van der Waals surface area contributed by atoms with Crippen LogP contribution >= 0.6 is 15.9 Å². The molecule has 0 spiro atoms. The number of hydrogen-bond donors (Lipinski definition) is 0. The molecule has 0 aliphatic heterocycles. The quantitative estimate of drug-likeness (QED) is 0.218. The smallest absolute Gasteiger partial charge is 0.0462 e. The second kappa shape index (κ2) is 8.81. The number of hydrogen-bond acceptors (Lipinski definition) is 1. The van der Waals surface area contributed by atoms with E-state index in [0.717, 1.165) is 21.5 Å². The molecule has 0 saturated carbocycles. The maximum Gasteiger partial charge on any atom is 0.0462 e. The van der Waals surface area contributed by atoms with Gasteiger partial charge in [-0.05, 0) is 85.0 Å². The summed E-state index contributed by atoms with van der Waals surface area (Å²) in [6.45, 7) is 0. The maximum absolute atomic E-state index is 3.86. The molecule has 6 rings (SSSR count). The summed E-state index contributed by atoms with van der Waals surface area (Å²) in [6.07, 6.45) is 0. The van der Waals surface area contributed by atoms with Crippen LogP contribution in [0.4, 0.5) is 17.1 Å². The molecule has 6 aromatic rings. The van der Waals surface area contributed by atoms with Crippen LogP contribution in [0.3, 0.4) is 0 Å². The third-order valence-electron chi connectivity index (χ3n) is 6.31. The lowest BCUT2D eigenvalue weighted by Gasteiger charge is -2.25. The highest BCUT2D eigenvalue weighted by atomic mass is 79.9. The van der Waals surface area contributed by atoms with Crippen LogP contribution in [0.25, 0.3) is 32.7 Å². The summed E-state index contributed by atoms with van der Waals surface area (Å²) in [7, 11) is 0. The van der Waals surface area contributed by atoms with Crippen LogP contribution in [0, 0.1) is 0 Å². The minimum absolute atomic E-state index is 1.13. The summed E-state index contributed by atoms with van der Waals surface area (Å²) >= 11 is 3.86. The molecule has 0 atom stereocenters. The van der Waals surface area contributed by atoms with Gasteiger partial charge in [0, 0.05) is 21.5 Å². The van der Waals surface area contributed by atoms with E-state index in [1.54, 1.807) is 0 Å². The topological polar surface area (TPSA) is 3.24 Å². The predicted molar refractivity (Wildman–Crippen MR) is 149 cm³/mol. The van der Waals surface area contributed by atoms with Crippen molar-refractivity contribution in [3.63, 3.8) is 0 Å². The molecule has 1 nitrogen and oxygen atoms in total. The van der Waals surface area contributed by atoms with Gasteiger partial charge in [-0.15, -0.1) is 0 Å². The number of para-hydroxylation sites is 2. The second-order valence-corrected chi connectivity index (χ2v) is 9.13. The molecule has 6 aromatic carbocycles. The average molecular weight is 500 g/mol. The van der Waals surface area contributed by atoms with Gasteiger partial charge in [0.25, 0.3) is 0 Å². The fourth-order valence-corrected chi connectivity index (χ4v) is 5.46. The van der Waals surface area contributed by atoms with Crippen molar-refractivity contribution in [3.8, 4) is 11.1 Å². The van der Waals surface area contributed by atoms with Crippen molar-refractivity contribution >= 4 is 54.5 Å². The van der Waals surface area contributed by atoms with Gasteiger partial charge in [-0.25, -0.2) is 0 Å². The number of nitrogens with zero attached hydrogens (tertiary/aromatic N) is 1. The summed E-state index contributed by atoms with van der Waals surface area (Å²) in [5.74, 6) is 0. The molecule has 0 aromatic heterocycles. The lowest BCUT2D eigenvalue weighted by Crippen LogP contribution is -2.09. The number of halogens is 1. The van der Waals surface area contributed by atoms with E-state index in [4.69, 9.17) is 0 Å². The third kappa shape index (κ3) is 3.57. The SMILES string of the molecule is Brc1c2ccccc2c(-c2ccc(N(c3ccccc3)c3ccccc3)cc2)c2ccccc12. The van der Waals surface area contributed by atoms with Crippen LogP contribution in [0.15, 0.2) is 138 Å². The van der Waals surface area contributed by atoms with E-state index in [9.17, 15) is 0 Å². The monoisotopic (exact) mass is 499 g/mol. The number of rotatable bonds is 4. The Morgan fingerprint density at radius 3 is 1.24 bits per heavy atom. The summed E-state index contributed by atoms with van der Waals surface area (Å²) in [6, 6.07) is 47.2. The zero-order valence-corrected chi connectivity index (χ0v) is 20.1. The number of anilines is 3. The van der Waals surface area contributed by atoms with Crippen LogP contribution in [-0.2, 0) is 0 Å². The molecule has 0 aliphatic rings.